The number of rotatable bonds is 10. The maximum Gasteiger partial charge on any atom is 0.251 e. The highest BCUT2D eigenvalue weighted by molar-refractivity contribution is 7.99. The number of anilines is 1. The number of carbonyl (C=O) groups excluding carboxylic acids is 2. The highest BCUT2D eigenvalue weighted by Crippen LogP contribution is 2.27. The molecule has 0 aliphatic rings. The van der Waals surface area contributed by atoms with E-state index in [1.807, 2.05) is 50.6 Å². The van der Waals surface area contributed by atoms with Gasteiger partial charge in [-0.1, -0.05) is 31.7 Å². The third-order valence-electron chi connectivity index (χ3n) is 5.41. The van der Waals surface area contributed by atoms with Gasteiger partial charge in [0.2, 0.25) is 5.91 Å². The first kappa shape index (κ1) is 26.1. The van der Waals surface area contributed by atoms with Gasteiger partial charge in [-0.15, -0.1) is 10.2 Å². The molecule has 0 unspecified atom stereocenters. The van der Waals surface area contributed by atoms with Gasteiger partial charge < -0.3 is 24.7 Å². The lowest BCUT2D eigenvalue weighted by atomic mass is 10.0. The van der Waals surface area contributed by atoms with Gasteiger partial charge in [0.25, 0.3) is 5.91 Å². The van der Waals surface area contributed by atoms with Crippen LogP contribution in [0.5, 0.6) is 11.5 Å². The second kappa shape index (κ2) is 11.7. The summed E-state index contributed by atoms with van der Waals surface area (Å²) in [6, 6.07) is 12.2. The molecule has 0 aliphatic heterocycles. The van der Waals surface area contributed by atoms with Crippen molar-refractivity contribution >= 4 is 29.3 Å². The number of nitrogens with one attached hydrogen (secondary N) is 2. The van der Waals surface area contributed by atoms with Gasteiger partial charge in [-0.05, 0) is 54.8 Å². The molecule has 3 aromatic rings. The summed E-state index contributed by atoms with van der Waals surface area (Å²) < 4.78 is 12.3. The average molecular weight is 498 g/mol. The normalized spacial score (nSPS) is 11.7. The quantitative estimate of drug-likeness (QED) is 0.408. The molecule has 1 aromatic heterocycles. The number of nitrogens with zero attached hydrogens (tertiary/aromatic N) is 3. The van der Waals surface area contributed by atoms with Crippen LogP contribution in [0.2, 0.25) is 0 Å². The minimum absolute atomic E-state index is 0.0648. The number of thioether (sulfide) groups is 1. The molecule has 0 saturated heterocycles. The summed E-state index contributed by atoms with van der Waals surface area (Å²) in [7, 11) is 4.97. The van der Waals surface area contributed by atoms with Crippen LogP contribution in [0.4, 0.5) is 5.69 Å². The van der Waals surface area contributed by atoms with Crippen LogP contribution < -0.4 is 20.1 Å². The lowest BCUT2D eigenvalue weighted by Crippen LogP contribution is -2.33. The second-order valence-electron chi connectivity index (χ2n) is 8.36. The Bertz CT molecular complexity index is 1180. The van der Waals surface area contributed by atoms with Crippen LogP contribution in [-0.4, -0.2) is 46.6 Å². The van der Waals surface area contributed by atoms with Gasteiger partial charge in [-0.2, -0.15) is 0 Å². The van der Waals surface area contributed by atoms with Crippen molar-refractivity contribution in [1.82, 2.24) is 20.1 Å². The molecule has 0 radical (unpaired) electrons. The maximum atomic E-state index is 12.8. The fraction of sp³-hybridized carbons (Fsp3) is 0.360. The molecule has 2 aromatic carbocycles. The topological polar surface area (TPSA) is 107 Å². The summed E-state index contributed by atoms with van der Waals surface area (Å²) in [5.41, 5.74) is 2.16. The van der Waals surface area contributed by atoms with Crippen LogP contribution in [0.3, 0.4) is 0 Å². The number of aromatic nitrogens is 3. The predicted molar refractivity (Wildman–Crippen MR) is 136 cm³/mol. The lowest BCUT2D eigenvalue weighted by Gasteiger charge is -2.21. The van der Waals surface area contributed by atoms with Crippen LogP contribution in [0.15, 0.2) is 47.6 Å². The van der Waals surface area contributed by atoms with Crippen LogP contribution in [0, 0.1) is 12.8 Å². The highest BCUT2D eigenvalue weighted by atomic mass is 32.2. The van der Waals surface area contributed by atoms with Gasteiger partial charge >= 0.3 is 0 Å². The Kier molecular flexibility index (Phi) is 8.75. The number of methoxy groups -OCH3 is 2. The Morgan fingerprint density at radius 3 is 2.40 bits per heavy atom. The molecule has 1 heterocycles. The SMILES string of the molecule is COc1ccc(C(=O)N[C@H](c2nnc(SCC(=O)Nc3cc(C)ccc3OC)n2C)C(C)C)cc1. The Morgan fingerprint density at radius 1 is 1.06 bits per heavy atom. The summed E-state index contributed by atoms with van der Waals surface area (Å²) in [6.45, 7) is 5.95. The van der Waals surface area contributed by atoms with E-state index in [-0.39, 0.29) is 29.5 Å². The second-order valence-corrected chi connectivity index (χ2v) is 9.31. The minimum Gasteiger partial charge on any atom is -0.497 e. The molecule has 1 atom stereocenters. The van der Waals surface area contributed by atoms with E-state index in [4.69, 9.17) is 9.47 Å². The monoisotopic (exact) mass is 497 g/mol. The van der Waals surface area contributed by atoms with Crippen molar-refractivity contribution < 1.29 is 19.1 Å². The van der Waals surface area contributed by atoms with E-state index in [1.54, 1.807) is 38.5 Å². The highest BCUT2D eigenvalue weighted by Gasteiger charge is 2.25. The Hall–Kier alpha value is -3.53. The van der Waals surface area contributed by atoms with Gasteiger partial charge in [0, 0.05) is 12.6 Å². The van der Waals surface area contributed by atoms with E-state index in [0.717, 1.165) is 5.56 Å². The van der Waals surface area contributed by atoms with Gasteiger partial charge in [0.15, 0.2) is 11.0 Å². The molecule has 2 amide bonds. The van der Waals surface area contributed by atoms with Crippen molar-refractivity contribution in [3.63, 3.8) is 0 Å². The summed E-state index contributed by atoms with van der Waals surface area (Å²) in [6.07, 6.45) is 0. The Balaban J connectivity index is 1.67. The zero-order valence-electron chi connectivity index (χ0n) is 20.8. The van der Waals surface area contributed by atoms with Crippen LogP contribution in [-0.2, 0) is 11.8 Å². The predicted octanol–water partition coefficient (Wildman–Crippen LogP) is 4.00. The van der Waals surface area contributed by atoms with Crippen molar-refractivity contribution in [3.05, 3.63) is 59.4 Å². The molecule has 0 fully saturated rings. The van der Waals surface area contributed by atoms with Crippen molar-refractivity contribution in [1.29, 1.82) is 0 Å². The van der Waals surface area contributed by atoms with E-state index in [1.165, 1.54) is 11.8 Å². The maximum absolute atomic E-state index is 12.8. The van der Waals surface area contributed by atoms with E-state index in [2.05, 4.69) is 20.8 Å². The first-order valence-corrected chi connectivity index (χ1v) is 12.1. The number of ether oxygens (including phenoxy) is 2. The zero-order valence-corrected chi connectivity index (χ0v) is 21.6. The number of carbonyl (C=O) groups is 2. The minimum atomic E-state index is -0.359. The van der Waals surface area contributed by atoms with E-state index >= 15 is 0 Å². The summed E-state index contributed by atoms with van der Waals surface area (Å²) >= 11 is 1.27. The first-order chi connectivity index (χ1) is 16.7. The van der Waals surface area contributed by atoms with E-state index < -0.39 is 0 Å². The third kappa shape index (κ3) is 6.54. The van der Waals surface area contributed by atoms with Crippen molar-refractivity contribution in [2.24, 2.45) is 13.0 Å². The molecule has 3 rings (SSSR count). The molecule has 0 aliphatic carbocycles. The van der Waals surface area contributed by atoms with E-state index in [0.29, 0.717) is 33.7 Å². The fourth-order valence-electron chi connectivity index (χ4n) is 3.45. The van der Waals surface area contributed by atoms with Gasteiger partial charge in [0.1, 0.15) is 11.5 Å². The Labute approximate surface area is 209 Å². The largest absolute Gasteiger partial charge is 0.497 e. The van der Waals surface area contributed by atoms with Crippen molar-refractivity contribution in [2.45, 2.75) is 32.0 Å². The number of benzene rings is 2. The van der Waals surface area contributed by atoms with Crippen molar-refractivity contribution in [2.75, 3.05) is 25.3 Å². The first-order valence-electron chi connectivity index (χ1n) is 11.1. The molecule has 186 valence electrons. The van der Waals surface area contributed by atoms with E-state index in [9.17, 15) is 9.59 Å². The zero-order chi connectivity index (χ0) is 25.5. The van der Waals surface area contributed by atoms with Gasteiger partial charge in [-0.25, -0.2) is 0 Å². The third-order valence-corrected chi connectivity index (χ3v) is 6.43. The average Bonchev–Trinajstić information content (AvgIpc) is 3.20. The molecule has 9 nitrogen and oxygen atoms in total. The fourth-order valence-corrected chi connectivity index (χ4v) is 4.17. The van der Waals surface area contributed by atoms with Gasteiger partial charge in [-0.3, -0.25) is 9.59 Å². The van der Waals surface area contributed by atoms with Crippen molar-refractivity contribution in [3.8, 4) is 11.5 Å². The standard InChI is InChI=1S/C25H31N5O4S/c1-15(2)22(27-24(32)17-8-10-18(33-5)11-9-17)23-28-29-25(30(23)4)35-14-21(31)26-19-13-16(3)7-12-20(19)34-6/h7-13,15,22H,14H2,1-6H3,(H,26,31)(H,27,32)/t22-/m0/s1. The molecule has 0 saturated carbocycles. The molecular weight excluding hydrogens is 466 g/mol. The molecular formula is C25H31N5O4S. The number of amides is 2. The van der Waals surface area contributed by atoms with Gasteiger partial charge in [0.05, 0.1) is 31.7 Å². The Morgan fingerprint density at radius 2 is 1.77 bits per heavy atom. The molecule has 0 spiro atoms. The lowest BCUT2D eigenvalue weighted by molar-refractivity contribution is -0.113. The van der Waals surface area contributed by atoms with Crippen LogP contribution in [0.1, 0.15) is 41.6 Å². The molecule has 10 heteroatoms. The summed E-state index contributed by atoms with van der Waals surface area (Å²) in [5, 5.41) is 15.1. The molecule has 2 N–H and O–H groups in total. The number of hydrogen-bond donors (Lipinski definition) is 2. The van der Waals surface area contributed by atoms with Crippen LogP contribution >= 0.6 is 11.8 Å². The number of hydrogen-bond acceptors (Lipinski definition) is 7. The van der Waals surface area contributed by atoms with Crippen LogP contribution in [0.25, 0.3) is 0 Å². The molecule has 0 bridgehead atoms. The molecule has 35 heavy (non-hydrogen) atoms. The summed E-state index contributed by atoms with van der Waals surface area (Å²) in [4.78, 5) is 25.4. The number of aryl methyl sites for hydroxylation is 1. The summed E-state index contributed by atoms with van der Waals surface area (Å²) in [5.74, 6) is 1.71. The smallest absolute Gasteiger partial charge is 0.251 e.